The largest absolute Gasteiger partial charge is 0.481 e. The Morgan fingerprint density at radius 2 is 1.72 bits per heavy atom. The predicted molar refractivity (Wildman–Crippen MR) is 167 cm³/mol. The lowest BCUT2D eigenvalue weighted by Crippen LogP contribution is -2.21. The van der Waals surface area contributed by atoms with Crippen LogP contribution in [0.1, 0.15) is 91.5 Å². The number of imidazole rings is 1. The van der Waals surface area contributed by atoms with E-state index in [0.29, 0.717) is 25.1 Å². The van der Waals surface area contributed by atoms with Crippen molar-refractivity contribution in [2.45, 2.75) is 77.7 Å². The third-order valence-electron chi connectivity index (χ3n) is 8.92. The summed E-state index contributed by atoms with van der Waals surface area (Å²) in [5.74, 6) is 0.125. The average molecular weight is 578 g/mol. The summed E-state index contributed by atoms with van der Waals surface area (Å²) in [4.78, 5) is 24.6. The second-order valence-electron chi connectivity index (χ2n) is 12.2. The van der Waals surface area contributed by atoms with Crippen LogP contribution in [0.5, 0.6) is 0 Å². The number of rotatable bonds is 8. The van der Waals surface area contributed by atoms with Crippen LogP contribution < -0.4 is 0 Å². The number of carboxylic acids is 1. The summed E-state index contributed by atoms with van der Waals surface area (Å²) < 4.78 is 1.99. The maximum atomic E-state index is 11.4. The van der Waals surface area contributed by atoms with E-state index in [1.54, 1.807) is 0 Å². The quantitative estimate of drug-likeness (QED) is 0.180. The minimum absolute atomic E-state index is 0.220. The van der Waals surface area contributed by atoms with E-state index in [-0.39, 0.29) is 17.8 Å². The number of hydrogen-bond acceptors (Lipinski definition) is 5. The van der Waals surface area contributed by atoms with Gasteiger partial charge in [0.15, 0.2) is 0 Å². The summed E-state index contributed by atoms with van der Waals surface area (Å²) in [6.45, 7) is 8.48. The van der Waals surface area contributed by atoms with Crippen LogP contribution >= 0.6 is 0 Å². The molecule has 222 valence electrons. The van der Waals surface area contributed by atoms with Crippen LogP contribution in [-0.2, 0) is 11.2 Å². The number of aryl methyl sites for hydroxylation is 1. The number of pyridine rings is 1. The van der Waals surface area contributed by atoms with Crippen molar-refractivity contribution >= 4 is 17.0 Å². The number of nitrogens with one attached hydrogen (secondary N) is 1. The standard InChI is InChI=1S/C35H39N5O3/c1-20(2)31-22(4)40(29-18-17-27(36-21(29)3)24-13-15-25(16-14-24)35(42)43)39-33(31)26-11-8-12-28-32(26)38-34(37-28)30(41)19-23-9-6-5-7-10-23/h5-12,17-18,20,24-25,30,41H,13-16,19H2,1-4H3,(H,37,38)(H,42,43). The number of H-pyrrole nitrogens is 1. The first-order valence-corrected chi connectivity index (χ1v) is 15.2. The van der Waals surface area contributed by atoms with Crippen LogP contribution in [0.3, 0.4) is 0 Å². The van der Waals surface area contributed by atoms with Crippen LogP contribution in [-0.4, -0.2) is 40.9 Å². The van der Waals surface area contributed by atoms with Gasteiger partial charge in [-0.05, 0) is 69.2 Å². The van der Waals surface area contributed by atoms with Crippen molar-refractivity contribution in [3.05, 3.63) is 94.7 Å². The molecule has 3 heterocycles. The molecule has 3 N–H and O–H groups in total. The number of hydrogen-bond donors (Lipinski definition) is 3. The molecule has 0 aliphatic heterocycles. The van der Waals surface area contributed by atoms with E-state index in [1.165, 1.54) is 0 Å². The number of aliphatic carboxylic acids is 1. The highest BCUT2D eigenvalue weighted by Gasteiger charge is 2.28. The fraction of sp³-hybridized carbons (Fsp3) is 0.371. The van der Waals surface area contributed by atoms with Gasteiger partial charge in [0, 0.05) is 34.9 Å². The van der Waals surface area contributed by atoms with Crippen molar-refractivity contribution in [2.24, 2.45) is 5.92 Å². The Bertz CT molecular complexity index is 1760. The molecule has 8 heteroatoms. The molecule has 1 unspecified atom stereocenters. The van der Waals surface area contributed by atoms with E-state index in [2.05, 4.69) is 44.0 Å². The maximum absolute atomic E-state index is 11.4. The van der Waals surface area contributed by atoms with Crippen molar-refractivity contribution in [2.75, 3.05) is 0 Å². The minimum Gasteiger partial charge on any atom is -0.481 e. The van der Waals surface area contributed by atoms with E-state index < -0.39 is 12.1 Å². The van der Waals surface area contributed by atoms with Gasteiger partial charge in [-0.3, -0.25) is 9.78 Å². The summed E-state index contributed by atoms with van der Waals surface area (Å²) in [6.07, 6.45) is 2.82. The Morgan fingerprint density at radius 3 is 2.40 bits per heavy atom. The number of carbonyl (C=O) groups is 1. The van der Waals surface area contributed by atoms with Gasteiger partial charge in [-0.25, -0.2) is 9.67 Å². The SMILES string of the molecule is Cc1nc(C2CCC(C(=O)O)CC2)ccc1-n1nc(-c2cccc3[nH]c(C(O)Cc4ccccc4)nc23)c(C(C)C)c1C. The first-order valence-electron chi connectivity index (χ1n) is 15.2. The zero-order chi connectivity index (χ0) is 30.2. The number of fused-ring (bicyclic) bond motifs is 1. The van der Waals surface area contributed by atoms with Crippen molar-refractivity contribution in [3.8, 4) is 16.9 Å². The molecule has 0 saturated heterocycles. The van der Waals surface area contributed by atoms with Crippen LogP contribution in [0.25, 0.3) is 28.0 Å². The molecule has 3 aromatic heterocycles. The number of aromatic amines is 1. The Kier molecular flexibility index (Phi) is 7.88. The molecule has 1 fully saturated rings. The zero-order valence-electron chi connectivity index (χ0n) is 25.2. The van der Waals surface area contributed by atoms with Gasteiger partial charge in [0.25, 0.3) is 0 Å². The molecule has 0 radical (unpaired) electrons. The Hall–Kier alpha value is -4.30. The minimum atomic E-state index is -0.752. The normalized spacial score (nSPS) is 17.9. The fourth-order valence-electron chi connectivity index (χ4n) is 6.63. The van der Waals surface area contributed by atoms with Gasteiger partial charge in [0.05, 0.1) is 34.0 Å². The third kappa shape index (κ3) is 5.59. The first kappa shape index (κ1) is 28.8. The van der Waals surface area contributed by atoms with E-state index in [0.717, 1.165) is 69.0 Å². The number of nitrogens with zero attached hydrogens (tertiary/aromatic N) is 4. The van der Waals surface area contributed by atoms with E-state index in [1.807, 2.05) is 54.1 Å². The molecule has 43 heavy (non-hydrogen) atoms. The third-order valence-corrected chi connectivity index (χ3v) is 8.92. The number of para-hydroxylation sites is 1. The maximum Gasteiger partial charge on any atom is 0.306 e. The molecule has 1 atom stereocenters. The van der Waals surface area contributed by atoms with Crippen molar-refractivity contribution in [3.63, 3.8) is 0 Å². The summed E-state index contributed by atoms with van der Waals surface area (Å²) in [6, 6.07) is 20.2. The monoisotopic (exact) mass is 577 g/mol. The average Bonchev–Trinajstić information content (AvgIpc) is 3.59. The van der Waals surface area contributed by atoms with Crippen LogP contribution in [0.15, 0.2) is 60.7 Å². The smallest absolute Gasteiger partial charge is 0.306 e. The molecule has 0 spiro atoms. The fourth-order valence-corrected chi connectivity index (χ4v) is 6.63. The van der Waals surface area contributed by atoms with Crippen molar-refractivity contribution in [1.82, 2.24) is 24.7 Å². The van der Waals surface area contributed by atoms with Gasteiger partial charge in [0.2, 0.25) is 0 Å². The lowest BCUT2D eigenvalue weighted by Gasteiger charge is -2.26. The summed E-state index contributed by atoms with van der Waals surface area (Å²) >= 11 is 0. The molecule has 0 amide bonds. The predicted octanol–water partition coefficient (Wildman–Crippen LogP) is 7.19. The van der Waals surface area contributed by atoms with Crippen molar-refractivity contribution in [1.29, 1.82) is 0 Å². The number of aliphatic hydroxyl groups excluding tert-OH is 1. The summed E-state index contributed by atoms with van der Waals surface area (Å²) in [5, 5.41) is 25.6. The van der Waals surface area contributed by atoms with Crippen LogP contribution in [0.4, 0.5) is 0 Å². The highest BCUT2D eigenvalue weighted by molar-refractivity contribution is 5.92. The van der Waals surface area contributed by atoms with Crippen LogP contribution in [0, 0.1) is 19.8 Å². The topological polar surface area (TPSA) is 117 Å². The lowest BCUT2D eigenvalue weighted by atomic mass is 9.80. The molecular formula is C35H39N5O3. The molecule has 5 aromatic rings. The highest BCUT2D eigenvalue weighted by atomic mass is 16.4. The summed E-state index contributed by atoms with van der Waals surface area (Å²) in [7, 11) is 0. The number of carboxylic acid groups (broad SMARTS) is 1. The molecule has 2 aromatic carbocycles. The lowest BCUT2D eigenvalue weighted by molar-refractivity contribution is -0.142. The molecule has 8 nitrogen and oxygen atoms in total. The second-order valence-corrected chi connectivity index (χ2v) is 12.2. The molecule has 6 rings (SSSR count). The van der Waals surface area contributed by atoms with Gasteiger partial charge in [-0.15, -0.1) is 0 Å². The van der Waals surface area contributed by atoms with Gasteiger partial charge >= 0.3 is 5.97 Å². The molecule has 0 bridgehead atoms. The molecule has 1 aliphatic rings. The van der Waals surface area contributed by atoms with Crippen molar-refractivity contribution < 1.29 is 15.0 Å². The van der Waals surface area contributed by atoms with Gasteiger partial charge < -0.3 is 15.2 Å². The number of aromatic nitrogens is 5. The molecular weight excluding hydrogens is 538 g/mol. The number of aliphatic hydroxyl groups is 1. The Balaban J connectivity index is 1.35. The zero-order valence-corrected chi connectivity index (χ0v) is 25.2. The Morgan fingerprint density at radius 1 is 0.977 bits per heavy atom. The summed E-state index contributed by atoms with van der Waals surface area (Å²) in [5.41, 5.74) is 9.58. The first-order chi connectivity index (χ1) is 20.7. The molecule has 1 aliphatic carbocycles. The van der Waals surface area contributed by atoms with Gasteiger partial charge in [-0.2, -0.15) is 5.10 Å². The Labute approximate surface area is 251 Å². The second kappa shape index (κ2) is 11.8. The number of benzene rings is 2. The van der Waals surface area contributed by atoms with E-state index >= 15 is 0 Å². The molecule has 1 saturated carbocycles. The van der Waals surface area contributed by atoms with Gasteiger partial charge in [-0.1, -0.05) is 56.3 Å². The highest BCUT2D eigenvalue weighted by Crippen LogP contribution is 2.38. The van der Waals surface area contributed by atoms with E-state index in [9.17, 15) is 15.0 Å². The van der Waals surface area contributed by atoms with Crippen LogP contribution in [0.2, 0.25) is 0 Å². The van der Waals surface area contributed by atoms with Gasteiger partial charge in [0.1, 0.15) is 11.9 Å². The van der Waals surface area contributed by atoms with E-state index in [4.69, 9.17) is 15.1 Å².